The maximum atomic E-state index is 13.3. The summed E-state index contributed by atoms with van der Waals surface area (Å²) in [5.74, 6) is 0.600. The molecule has 2 aromatic carbocycles. The van der Waals surface area contributed by atoms with Gasteiger partial charge in [-0.05, 0) is 58.8 Å². The number of tetrazole rings is 1. The molecule has 0 radical (unpaired) electrons. The van der Waals surface area contributed by atoms with Gasteiger partial charge in [-0.15, -0.1) is 5.10 Å². The number of benzene rings is 2. The third kappa shape index (κ3) is 3.77. The van der Waals surface area contributed by atoms with Crippen LogP contribution in [0.15, 0.2) is 65.6 Å². The van der Waals surface area contributed by atoms with Gasteiger partial charge in [0.2, 0.25) is 0 Å². The number of hydrogen-bond acceptors (Lipinski definition) is 7. The van der Waals surface area contributed by atoms with Crippen molar-refractivity contribution in [3.63, 3.8) is 0 Å². The molecule has 4 rings (SSSR count). The van der Waals surface area contributed by atoms with Gasteiger partial charge in [0.05, 0.1) is 18.8 Å². The second-order valence-corrected chi connectivity index (χ2v) is 6.77. The van der Waals surface area contributed by atoms with Crippen molar-refractivity contribution in [3.05, 3.63) is 72.4 Å². The van der Waals surface area contributed by atoms with Gasteiger partial charge in [0.25, 0.3) is 5.91 Å². The first kappa shape index (κ1) is 19.3. The Labute approximate surface area is 172 Å². The van der Waals surface area contributed by atoms with Gasteiger partial charge in [-0.2, -0.15) is 0 Å². The van der Waals surface area contributed by atoms with Gasteiger partial charge in [0.1, 0.15) is 24.0 Å². The minimum atomic E-state index is -0.252. The molecule has 0 fully saturated rings. The number of carbonyl (C=O) groups excluding carboxylic acids is 1. The second kappa shape index (κ2) is 8.16. The molecule has 0 aliphatic rings. The smallest absolute Gasteiger partial charge is 0.254 e. The van der Waals surface area contributed by atoms with Crippen molar-refractivity contribution >= 4 is 5.91 Å². The zero-order valence-electron chi connectivity index (χ0n) is 16.8. The second-order valence-electron chi connectivity index (χ2n) is 6.77. The molecule has 152 valence electrons. The van der Waals surface area contributed by atoms with Gasteiger partial charge < -0.3 is 14.2 Å². The Morgan fingerprint density at radius 3 is 2.57 bits per heavy atom. The molecule has 9 nitrogen and oxygen atoms in total. The molecule has 0 spiro atoms. The normalized spacial score (nSPS) is 11.8. The SMILES string of the molecule is COc1ccc(-c2cc(C(=O)N(C)[C@@H](C)c3ccon3)cc(-n3cnnn3)c2)cc1. The maximum Gasteiger partial charge on any atom is 0.254 e. The highest BCUT2D eigenvalue weighted by atomic mass is 16.5. The summed E-state index contributed by atoms with van der Waals surface area (Å²) in [4.78, 5) is 14.9. The van der Waals surface area contributed by atoms with Crippen molar-refractivity contribution in [2.75, 3.05) is 14.2 Å². The van der Waals surface area contributed by atoms with Gasteiger partial charge in [0, 0.05) is 18.7 Å². The topological polar surface area (TPSA) is 99.2 Å². The van der Waals surface area contributed by atoms with E-state index in [1.807, 2.05) is 43.3 Å². The quantitative estimate of drug-likeness (QED) is 0.487. The zero-order chi connectivity index (χ0) is 21.1. The Kier molecular flexibility index (Phi) is 5.25. The zero-order valence-corrected chi connectivity index (χ0v) is 16.8. The van der Waals surface area contributed by atoms with Crippen LogP contribution in [0.4, 0.5) is 0 Å². The van der Waals surface area contributed by atoms with E-state index in [1.165, 1.54) is 17.3 Å². The number of amides is 1. The number of aromatic nitrogens is 5. The summed E-state index contributed by atoms with van der Waals surface area (Å²) in [5, 5.41) is 15.3. The molecule has 4 aromatic rings. The van der Waals surface area contributed by atoms with Gasteiger partial charge >= 0.3 is 0 Å². The summed E-state index contributed by atoms with van der Waals surface area (Å²) in [5.41, 5.74) is 3.66. The van der Waals surface area contributed by atoms with Crippen LogP contribution >= 0.6 is 0 Å². The molecule has 0 aliphatic heterocycles. The maximum absolute atomic E-state index is 13.3. The first-order chi connectivity index (χ1) is 14.6. The highest BCUT2D eigenvalue weighted by Crippen LogP contribution is 2.28. The van der Waals surface area contributed by atoms with E-state index >= 15 is 0 Å². The molecule has 9 heteroatoms. The minimum Gasteiger partial charge on any atom is -0.497 e. The van der Waals surface area contributed by atoms with E-state index in [0.29, 0.717) is 16.9 Å². The Morgan fingerprint density at radius 2 is 1.93 bits per heavy atom. The number of carbonyl (C=O) groups is 1. The molecule has 2 heterocycles. The fourth-order valence-corrected chi connectivity index (χ4v) is 3.11. The average Bonchev–Trinajstić information content (AvgIpc) is 3.52. The lowest BCUT2D eigenvalue weighted by molar-refractivity contribution is 0.0737. The summed E-state index contributed by atoms with van der Waals surface area (Å²) < 4.78 is 11.7. The fraction of sp³-hybridized carbons (Fsp3) is 0.190. The molecule has 0 bridgehead atoms. The summed E-state index contributed by atoms with van der Waals surface area (Å²) >= 11 is 0. The Balaban J connectivity index is 1.74. The van der Waals surface area contributed by atoms with Gasteiger partial charge in [0.15, 0.2) is 0 Å². The standard InChI is InChI=1S/C21H20N6O3/c1-14(20-8-9-30-23-20)26(2)21(28)17-10-16(15-4-6-19(29-3)7-5-15)11-18(12-17)27-13-22-24-25-27/h4-14H,1-3H3/t14-/m0/s1. The summed E-state index contributed by atoms with van der Waals surface area (Å²) in [6.45, 7) is 1.89. The molecular weight excluding hydrogens is 384 g/mol. The van der Waals surface area contributed by atoms with Crippen molar-refractivity contribution < 1.29 is 14.1 Å². The highest BCUT2D eigenvalue weighted by molar-refractivity contribution is 5.96. The van der Waals surface area contributed by atoms with Crippen molar-refractivity contribution in [3.8, 4) is 22.6 Å². The van der Waals surface area contributed by atoms with E-state index in [9.17, 15) is 4.79 Å². The van der Waals surface area contributed by atoms with Crippen LogP contribution in [0.25, 0.3) is 16.8 Å². The van der Waals surface area contributed by atoms with Crippen molar-refractivity contribution in [1.29, 1.82) is 0 Å². The van der Waals surface area contributed by atoms with Crippen LogP contribution < -0.4 is 4.74 Å². The Bertz CT molecular complexity index is 1120. The summed E-state index contributed by atoms with van der Waals surface area (Å²) in [6, 6.07) is 14.7. The van der Waals surface area contributed by atoms with Crippen molar-refractivity contribution in [2.24, 2.45) is 0 Å². The minimum absolute atomic E-state index is 0.157. The number of rotatable bonds is 6. The lowest BCUT2D eigenvalue weighted by atomic mass is 10.0. The van der Waals surface area contributed by atoms with Crippen LogP contribution in [0.3, 0.4) is 0 Å². The number of methoxy groups -OCH3 is 1. The van der Waals surface area contributed by atoms with E-state index in [0.717, 1.165) is 16.9 Å². The first-order valence-electron chi connectivity index (χ1n) is 9.27. The number of ether oxygens (including phenoxy) is 1. The largest absolute Gasteiger partial charge is 0.497 e. The lowest BCUT2D eigenvalue weighted by Crippen LogP contribution is -2.30. The number of hydrogen-bond donors (Lipinski definition) is 0. The molecule has 30 heavy (non-hydrogen) atoms. The van der Waals surface area contributed by atoms with Gasteiger partial charge in [-0.3, -0.25) is 4.79 Å². The number of nitrogens with zero attached hydrogens (tertiary/aromatic N) is 6. The van der Waals surface area contributed by atoms with E-state index in [4.69, 9.17) is 9.26 Å². The molecule has 0 saturated carbocycles. The Hall–Kier alpha value is -4.01. The molecule has 0 aliphatic carbocycles. The summed E-state index contributed by atoms with van der Waals surface area (Å²) in [7, 11) is 3.36. The average molecular weight is 404 g/mol. The fourth-order valence-electron chi connectivity index (χ4n) is 3.11. The van der Waals surface area contributed by atoms with Crippen LogP contribution in [0.2, 0.25) is 0 Å². The van der Waals surface area contributed by atoms with Crippen LogP contribution in [0, 0.1) is 0 Å². The predicted octanol–water partition coefficient (Wildman–Crippen LogP) is 3.16. The molecule has 0 unspecified atom stereocenters. The van der Waals surface area contributed by atoms with E-state index < -0.39 is 0 Å². The van der Waals surface area contributed by atoms with Crippen LogP contribution in [0.1, 0.15) is 29.0 Å². The van der Waals surface area contributed by atoms with E-state index in [2.05, 4.69) is 20.7 Å². The Morgan fingerprint density at radius 1 is 1.13 bits per heavy atom. The molecule has 1 atom stereocenters. The molecule has 0 saturated heterocycles. The van der Waals surface area contributed by atoms with Crippen molar-refractivity contribution in [1.82, 2.24) is 30.3 Å². The molecular formula is C21H20N6O3. The van der Waals surface area contributed by atoms with E-state index in [-0.39, 0.29) is 11.9 Å². The van der Waals surface area contributed by atoms with Crippen LogP contribution in [0.5, 0.6) is 5.75 Å². The van der Waals surface area contributed by atoms with Crippen molar-refractivity contribution in [2.45, 2.75) is 13.0 Å². The van der Waals surface area contributed by atoms with Crippen LogP contribution in [-0.2, 0) is 0 Å². The first-order valence-corrected chi connectivity index (χ1v) is 9.27. The molecule has 1 amide bonds. The van der Waals surface area contributed by atoms with Gasteiger partial charge in [-0.1, -0.05) is 17.3 Å². The monoisotopic (exact) mass is 404 g/mol. The third-order valence-corrected chi connectivity index (χ3v) is 4.99. The molecule has 2 aromatic heterocycles. The molecule has 0 N–H and O–H groups in total. The van der Waals surface area contributed by atoms with Gasteiger partial charge in [-0.25, -0.2) is 4.68 Å². The predicted molar refractivity (Wildman–Crippen MR) is 108 cm³/mol. The van der Waals surface area contributed by atoms with E-state index in [1.54, 1.807) is 31.2 Å². The van der Waals surface area contributed by atoms with Crippen LogP contribution in [-0.4, -0.2) is 50.3 Å². The summed E-state index contributed by atoms with van der Waals surface area (Å²) in [6.07, 6.45) is 2.98. The highest BCUT2D eigenvalue weighted by Gasteiger charge is 2.22. The lowest BCUT2D eigenvalue weighted by Gasteiger charge is -2.23. The third-order valence-electron chi connectivity index (χ3n) is 4.99.